The van der Waals surface area contributed by atoms with E-state index in [0.29, 0.717) is 5.56 Å². The number of thiophene rings is 1. The molecule has 12 heteroatoms. The maximum Gasteiger partial charge on any atom is 0.307 e. The molecule has 0 spiro atoms. The monoisotopic (exact) mass is 489 g/mol. The molecule has 150 valence electrons. The van der Waals surface area contributed by atoms with Crippen molar-refractivity contribution in [3.63, 3.8) is 0 Å². The predicted molar refractivity (Wildman–Crippen MR) is 105 cm³/mol. The summed E-state index contributed by atoms with van der Waals surface area (Å²) < 4.78 is 31.7. The van der Waals surface area contributed by atoms with Gasteiger partial charge in [0.05, 0.1) is 6.42 Å². The van der Waals surface area contributed by atoms with E-state index in [0.717, 1.165) is 15.8 Å². The van der Waals surface area contributed by atoms with Gasteiger partial charge in [-0.15, -0.1) is 11.3 Å². The van der Waals surface area contributed by atoms with Crippen LogP contribution in [0, 0.1) is 0 Å². The van der Waals surface area contributed by atoms with Crippen LogP contribution in [-0.2, 0) is 24.3 Å². The number of hydrogen-bond acceptors (Lipinski definition) is 7. The summed E-state index contributed by atoms with van der Waals surface area (Å²) in [6.07, 6.45) is -0.247. The first-order valence-electron chi connectivity index (χ1n) is 7.81. The summed E-state index contributed by atoms with van der Waals surface area (Å²) >= 11 is 4.30. The van der Waals surface area contributed by atoms with E-state index >= 15 is 0 Å². The number of halogens is 1. The summed E-state index contributed by atoms with van der Waals surface area (Å²) in [5, 5.41) is 1.62. The van der Waals surface area contributed by atoms with Crippen LogP contribution in [0.25, 0.3) is 0 Å². The second-order valence-electron chi connectivity index (χ2n) is 5.25. The van der Waals surface area contributed by atoms with Gasteiger partial charge in [-0.3, -0.25) is 25.2 Å². The molecule has 2 amide bonds. The van der Waals surface area contributed by atoms with Gasteiger partial charge in [0.2, 0.25) is 10.0 Å². The van der Waals surface area contributed by atoms with Crippen molar-refractivity contribution in [2.75, 3.05) is 13.2 Å². The molecule has 0 aliphatic heterocycles. The molecule has 9 nitrogen and oxygen atoms in total. The van der Waals surface area contributed by atoms with Crippen molar-refractivity contribution in [1.29, 1.82) is 0 Å². The molecule has 0 bridgehead atoms. The Morgan fingerprint density at radius 2 is 1.79 bits per heavy atom. The fourth-order valence-electron chi connectivity index (χ4n) is 1.83. The summed E-state index contributed by atoms with van der Waals surface area (Å²) in [6, 6.07) is 9.50. The minimum atomic E-state index is -3.66. The Kier molecular flexibility index (Phi) is 8.11. The first kappa shape index (κ1) is 22.0. The maximum absolute atomic E-state index is 11.9. The lowest BCUT2D eigenvalue weighted by atomic mass is 10.2. The number of hydrazine groups is 1. The summed E-state index contributed by atoms with van der Waals surface area (Å²) in [7, 11) is -3.66. The molecular formula is C16H16BrN3O6S2. The second kappa shape index (κ2) is 10.3. The Balaban J connectivity index is 1.64. The quantitative estimate of drug-likeness (QED) is 0.377. The lowest BCUT2D eigenvalue weighted by molar-refractivity contribution is -0.148. The van der Waals surface area contributed by atoms with Gasteiger partial charge < -0.3 is 4.74 Å². The van der Waals surface area contributed by atoms with Gasteiger partial charge in [-0.1, -0.05) is 22.0 Å². The molecule has 0 radical (unpaired) electrons. The highest BCUT2D eigenvalue weighted by molar-refractivity contribution is 9.10. The number of amides is 2. The van der Waals surface area contributed by atoms with E-state index in [1.807, 2.05) is 0 Å². The fourth-order valence-corrected chi connectivity index (χ4v) is 4.16. The third kappa shape index (κ3) is 7.03. The Morgan fingerprint density at radius 1 is 1.07 bits per heavy atom. The van der Waals surface area contributed by atoms with Crippen molar-refractivity contribution in [2.45, 2.75) is 10.6 Å². The van der Waals surface area contributed by atoms with Gasteiger partial charge in [0.15, 0.2) is 6.61 Å². The Labute approximate surface area is 173 Å². The molecule has 2 aromatic rings. The maximum atomic E-state index is 11.9. The number of esters is 1. The zero-order valence-corrected chi connectivity index (χ0v) is 17.5. The highest BCUT2D eigenvalue weighted by Gasteiger charge is 2.16. The summed E-state index contributed by atoms with van der Waals surface area (Å²) in [5.74, 6) is -2.03. The Morgan fingerprint density at radius 3 is 2.43 bits per heavy atom. The molecule has 0 saturated heterocycles. The smallest absolute Gasteiger partial charge is 0.307 e. The highest BCUT2D eigenvalue weighted by Crippen LogP contribution is 2.15. The lowest BCUT2D eigenvalue weighted by Gasteiger charge is -2.08. The number of carbonyl (C=O) groups is 3. The number of rotatable bonds is 8. The highest BCUT2D eigenvalue weighted by atomic mass is 79.9. The Hall–Kier alpha value is -2.28. The van der Waals surface area contributed by atoms with Gasteiger partial charge in [-0.05, 0) is 35.7 Å². The number of ether oxygens (including phenoxy) is 1. The summed E-state index contributed by atoms with van der Waals surface area (Å²) in [6.45, 7) is -0.780. The molecule has 0 aliphatic carbocycles. The third-order valence-corrected chi connectivity index (χ3v) is 6.55. The topological polar surface area (TPSA) is 131 Å². The van der Waals surface area contributed by atoms with E-state index in [4.69, 9.17) is 4.74 Å². The average Bonchev–Trinajstić information content (AvgIpc) is 3.20. The minimum absolute atomic E-state index is 0.141. The standard InChI is InChI=1S/C16H16BrN3O6S2/c17-12-5-3-11(4-6-12)16(23)20-19-13(21)10-26-14(22)7-8-18-28(24,25)15-2-1-9-27-15/h1-6,9,18H,7-8,10H2,(H,19,21)(H,20,23). The normalized spacial score (nSPS) is 10.9. The average molecular weight is 490 g/mol. The van der Waals surface area contributed by atoms with Gasteiger partial charge in [0.25, 0.3) is 11.8 Å². The zero-order valence-electron chi connectivity index (χ0n) is 14.3. The molecule has 3 N–H and O–H groups in total. The van der Waals surface area contributed by atoms with Crippen molar-refractivity contribution < 1.29 is 27.5 Å². The fraction of sp³-hybridized carbons (Fsp3) is 0.188. The van der Waals surface area contributed by atoms with Crippen LogP contribution in [0.5, 0.6) is 0 Å². The van der Waals surface area contributed by atoms with E-state index in [2.05, 4.69) is 31.5 Å². The van der Waals surface area contributed by atoms with Gasteiger partial charge in [0.1, 0.15) is 4.21 Å². The molecule has 0 saturated carbocycles. The number of hydrogen-bond donors (Lipinski definition) is 3. The van der Waals surface area contributed by atoms with Gasteiger partial charge in [-0.25, -0.2) is 13.1 Å². The van der Waals surface area contributed by atoms with Crippen LogP contribution in [0.3, 0.4) is 0 Å². The van der Waals surface area contributed by atoms with Crippen molar-refractivity contribution in [1.82, 2.24) is 15.6 Å². The van der Waals surface area contributed by atoms with Crippen LogP contribution in [0.2, 0.25) is 0 Å². The molecule has 1 aromatic heterocycles. The predicted octanol–water partition coefficient (Wildman–Crippen LogP) is 1.18. The van der Waals surface area contributed by atoms with E-state index < -0.39 is 34.4 Å². The number of carbonyl (C=O) groups excluding carboxylic acids is 3. The zero-order chi connectivity index (χ0) is 20.6. The van der Waals surface area contributed by atoms with Crippen molar-refractivity contribution in [3.05, 3.63) is 51.8 Å². The van der Waals surface area contributed by atoms with Crippen LogP contribution >= 0.6 is 27.3 Å². The van der Waals surface area contributed by atoms with Gasteiger partial charge in [-0.2, -0.15) is 0 Å². The summed E-state index contributed by atoms with van der Waals surface area (Å²) in [4.78, 5) is 35.0. The molecular weight excluding hydrogens is 474 g/mol. The van der Waals surface area contributed by atoms with Crippen molar-refractivity contribution >= 4 is 55.1 Å². The first-order chi connectivity index (χ1) is 13.3. The van der Waals surface area contributed by atoms with Crippen molar-refractivity contribution in [3.8, 4) is 0 Å². The number of sulfonamides is 1. The van der Waals surface area contributed by atoms with Gasteiger partial charge in [0, 0.05) is 16.6 Å². The lowest BCUT2D eigenvalue weighted by Crippen LogP contribution is -2.43. The second-order valence-corrected chi connectivity index (χ2v) is 9.11. The Bertz CT molecular complexity index is 930. The number of nitrogens with one attached hydrogen (secondary N) is 3. The minimum Gasteiger partial charge on any atom is -0.455 e. The first-order valence-corrected chi connectivity index (χ1v) is 11.0. The van der Waals surface area contributed by atoms with Crippen LogP contribution in [0.4, 0.5) is 0 Å². The van der Waals surface area contributed by atoms with E-state index in [1.54, 1.807) is 35.7 Å². The molecule has 0 atom stereocenters. The van der Waals surface area contributed by atoms with E-state index in [9.17, 15) is 22.8 Å². The molecule has 1 heterocycles. The molecule has 1 aromatic carbocycles. The summed E-state index contributed by atoms with van der Waals surface area (Å²) in [5.41, 5.74) is 4.63. The van der Waals surface area contributed by atoms with E-state index in [-0.39, 0.29) is 17.2 Å². The molecule has 0 fully saturated rings. The largest absolute Gasteiger partial charge is 0.455 e. The molecule has 0 aliphatic rings. The van der Waals surface area contributed by atoms with Crippen LogP contribution in [-0.4, -0.2) is 39.4 Å². The van der Waals surface area contributed by atoms with Crippen LogP contribution in [0.1, 0.15) is 16.8 Å². The molecule has 2 rings (SSSR count). The van der Waals surface area contributed by atoms with Crippen molar-refractivity contribution in [2.24, 2.45) is 0 Å². The van der Waals surface area contributed by atoms with Gasteiger partial charge >= 0.3 is 5.97 Å². The SMILES string of the molecule is O=C(COC(=O)CCNS(=O)(=O)c1cccs1)NNC(=O)c1ccc(Br)cc1. The molecule has 0 unspecified atom stereocenters. The number of benzene rings is 1. The molecule has 28 heavy (non-hydrogen) atoms. The van der Waals surface area contributed by atoms with Crippen LogP contribution < -0.4 is 15.6 Å². The van der Waals surface area contributed by atoms with E-state index in [1.165, 1.54) is 6.07 Å². The third-order valence-electron chi connectivity index (χ3n) is 3.17. The van der Waals surface area contributed by atoms with Crippen LogP contribution in [0.15, 0.2) is 50.5 Å².